The Bertz CT molecular complexity index is 1090. The number of benzene rings is 2. The molecule has 6 nitrogen and oxygen atoms in total. The van der Waals surface area contributed by atoms with Gasteiger partial charge in [0, 0.05) is 24.6 Å². The number of anilines is 1. The molecule has 2 amide bonds. The first kappa shape index (κ1) is 27.2. The highest BCUT2D eigenvalue weighted by molar-refractivity contribution is 5.94. The first-order chi connectivity index (χ1) is 17.5. The van der Waals surface area contributed by atoms with Gasteiger partial charge in [-0.1, -0.05) is 94.0 Å². The summed E-state index contributed by atoms with van der Waals surface area (Å²) >= 11 is 0. The Kier molecular flexibility index (Phi) is 10.7. The first-order valence-corrected chi connectivity index (χ1v) is 13.3. The van der Waals surface area contributed by atoms with Gasteiger partial charge in [0.1, 0.15) is 5.82 Å². The van der Waals surface area contributed by atoms with Crippen LogP contribution in [0.15, 0.2) is 60.7 Å². The van der Waals surface area contributed by atoms with Crippen LogP contribution in [0.3, 0.4) is 0 Å². The van der Waals surface area contributed by atoms with Crippen LogP contribution in [-0.4, -0.2) is 39.6 Å². The molecule has 1 N–H and O–H groups in total. The molecule has 0 radical (unpaired) electrons. The van der Waals surface area contributed by atoms with Crippen LogP contribution in [0, 0.1) is 6.92 Å². The highest BCUT2D eigenvalue weighted by atomic mass is 16.2. The van der Waals surface area contributed by atoms with E-state index < -0.39 is 0 Å². The van der Waals surface area contributed by atoms with Gasteiger partial charge in [0.25, 0.3) is 0 Å². The molecule has 0 aliphatic carbocycles. The first-order valence-electron chi connectivity index (χ1n) is 13.3. The lowest BCUT2D eigenvalue weighted by Gasteiger charge is -2.22. The smallest absolute Gasteiger partial charge is 0.245 e. The summed E-state index contributed by atoms with van der Waals surface area (Å²) in [6.07, 6.45) is 7.84. The molecule has 192 valence electrons. The van der Waals surface area contributed by atoms with Gasteiger partial charge in [-0.25, -0.2) is 4.68 Å². The van der Waals surface area contributed by atoms with E-state index in [1.165, 1.54) is 12.8 Å². The molecule has 6 heteroatoms. The van der Waals surface area contributed by atoms with E-state index in [0.717, 1.165) is 54.6 Å². The molecule has 3 aromatic rings. The van der Waals surface area contributed by atoms with Crippen LogP contribution < -0.4 is 5.32 Å². The molecule has 0 saturated heterocycles. The van der Waals surface area contributed by atoms with E-state index in [0.29, 0.717) is 18.8 Å². The number of carbonyl (C=O) groups excluding carboxylic acids is 2. The third kappa shape index (κ3) is 8.08. The van der Waals surface area contributed by atoms with Crippen LogP contribution in [0.5, 0.6) is 0 Å². The van der Waals surface area contributed by atoms with Gasteiger partial charge >= 0.3 is 0 Å². The van der Waals surface area contributed by atoms with Crippen molar-refractivity contribution in [2.24, 2.45) is 0 Å². The molecule has 0 saturated carbocycles. The number of nitrogens with zero attached hydrogens (tertiary/aromatic N) is 3. The molecular formula is C30H40N4O2. The van der Waals surface area contributed by atoms with Crippen LogP contribution >= 0.6 is 0 Å². The van der Waals surface area contributed by atoms with Gasteiger partial charge in [0.15, 0.2) is 0 Å². The number of unbranched alkanes of at least 4 members (excludes halogenated alkanes) is 5. The van der Waals surface area contributed by atoms with E-state index in [1.807, 2.05) is 67.6 Å². The van der Waals surface area contributed by atoms with Crippen molar-refractivity contribution in [2.45, 2.75) is 72.1 Å². The molecule has 0 bridgehead atoms. The SMILES string of the molecule is CCCCCCCC(=O)N(CCCC)CC(=O)Nc1cc(-c2ccccc2)nn1-c1ccc(C)cc1. The highest BCUT2D eigenvalue weighted by Crippen LogP contribution is 2.25. The molecule has 3 rings (SSSR count). The number of aryl methyl sites for hydroxylation is 1. The average molecular weight is 489 g/mol. The monoisotopic (exact) mass is 488 g/mol. The lowest BCUT2D eigenvalue weighted by Crippen LogP contribution is -2.38. The predicted molar refractivity (Wildman–Crippen MR) is 147 cm³/mol. The summed E-state index contributed by atoms with van der Waals surface area (Å²) in [5.74, 6) is 0.440. The van der Waals surface area contributed by atoms with Crippen molar-refractivity contribution in [3.05, 3.63) is 66.2 Å². The second-order valence-electron chi connectivity index (χ2n) is 9.41. The number of nitrogens with one attached hydrogen (secondary N) is 1. The summed E-state index contributed by atoms with van der Waals surface area (Å²) in [7, 11) is 0. The number of carbonyl (C=O) groups is 2. The Balaban J connectivity index is 1.75. The maximum absolute atomic E-state index is 13.1. The molecule has 0 aliphatic rings. The second kappa shape index (κ2) is 14.2. The molecule has 0 fully saturated rings. The maximum atomic E-state index is 13.1. The zero-order chi connectivity index (χ0) is 25.8. The Morgan fingerprint density at radius 3 is 2.28 bits per heavy atom. The van der Waals surface area contributed by atoms with E-state index >= 15 is 0 Å². The number of hydrogen-bond donors (Lipinski definition) is 1. The third-order valence-corrected chi connectivity index (χ3v) is 6.29. The van der Waals surface area contributed by atoms with Crippen LogP contribution in [0.2, 0.25) is 0 Å². The molecule has 0 aliphatic heterocycles. The van der Waals surface area contributed by atoms with Crippen LogP contribution in [-0.2, 0) is 9.59 Å². The summed E-state index contributed by atoms with van der Waals surface area (Å²) in [6.45, 7) is 6.97. The Morgan fingerprint density at radius 2 is 1.58 bits per heavy atom. The molecule has 36 heavy (non-hydrogen) atoms. The Morgan fingerprint density at radius 1 is 0.889 bits per heavy atom. The van der Waals surface area contributed by atoms with Gasteiger partial charge in [0.2, 0.25) is 11.8 Å². The molecule has 0 spiro atoms. The normalized spacial score (nSPS) is 10.9. The number of hydrogen-bond acceptors (Lipinski definition) is 3. The third-order valence-electron chi connectivity index (χ3n) is 6.29. The van der Waals surface area contributed by atoms with E-state index in [1.54, 1.807) is 9.58 Å². The molecular weight excluding hydrogens is 448 g/mol. The van der Waals surface area contributed by atoms with E-state index in [2.05, 4.69) is 19.2 Å². The fourth-order valence-electron chi connectivity index (χ4n) is 4.14. The summed E-state index contributed by atoms with van der Waals surface area (Å²) in [5.41, 5.74) is 3.77. The molecule has 1 heterocycles. The van der Waals surface area contributed by atoms with Gasteiger partial charge in [-0.15, -0.1) is 0 Å². The number of aromatic nitrogens is 2. The fraction of sp³-hybridized carbons (Fsp3) is 0.433. The van der Waals surface area contributed by atoms with Crippen LogP contribution in [0.4, 0.5) is 5.82 Å². The van der Waals surface area contributed by atoms with Crippen molar-refractivity contribution in [2.75, 3.05) is 18.4 Å². The van der Waals surface area contributed by atoms with Crippen LogP contribution in [0.1, 0.15) is 70.8 Å². The predicted octanol–water partition coefficient (Wildman–Crippen LogP) is 6.78. The van der Waals surface area contributed by atoms with Gasteiger partial charge in [-0.3, -0.25) is 9.59 Å². The summed E-state index contributed by atoms with van der Waals surface area (Å²) in [4.78, 5) is 27.8. The van der Waals surface area contributed by atoms with Crippen molar-refractivity contribution >= 4 is 17.6 Å². The fourth-order valence-corrected chi connectivity index (χ4v) is 4.14. The van der Waals surface area contributed by atoms with Gasteiger partial charge in [-0.05, 0) is 31.9 Å². The van der Waals surface area contributed by atoms with E-state index in [9.17, 15) is 9.59 Å². The summed E-state index contributed by atoms with van der Waals surface area (Å²) in [6, 6.07) is 19.8. The van der Waals surface area contributed by atoms with Crippen molar-refractivity contribution in [1.82, 2.24) is 14.7 Å². The van der Waals surface area contributed by atoms with Crippen LogP contribution in [0.25, 0.3) is 16.9 Å². The lowest BCUT2D eigenvalue weighted by atomic mass is 10.1. The summed E-state index contributed by atoms with van der Waals surface area (Å²) in [5, 5.41) is 7.81. The molecule has 0 unspecified atom stereocenters. The van der Waals surface area contributed by atoms with Crippen molar-refractivity contribution in [3.8, 4) is 16.9 Å². The highest BCUT2D eigenvalue weighted by Gasteiger charge is 2.19. The van der Waals surface area contributed by atoms with Gasteiger partial charge in [0.05, 0.1) is 17.9 Å². The molecule has 2 aromatic carbocycles. The Hall–Kier alpha value is -3.41. The zero-order valence-electron chi connectivity index (χ0n) is 22.0. The van der Waals surface area contributed by atoms with E-state index in [-0.39, 0.29) is 18.4 Å². The number of amides is 2. The van der Waals surface area contributed by atoms with Crippen molar-refractivity contribution in [3.63, 3.8) is 0 Å². The maximum Gasteiger partial charge on any atom is 0.245 e. The minimum absolute atomic E-state index is 0.0491. The Labute approximate surface area is 215 Å². The van der Waals surface area contributed by atoms with Crippen molar-refractivity contribution < 1.29 is 9.59 Å². The minimum Gasteiger partial charge on any atom is -0.333 e. The largest absolute Gasteiger partial charge is 0.333 e. The standard InChI is InChI=1S/C30H40N4O2/c1-4-6-8-9-13-16-30(36)33(21-7-5-2)23-29(35)31-28-22-27(25-14-11-10-12-15-25)32-34(28)26-19-17-24(3)18-20-26/h10-12,14-15,17-20,22H,4-9,13,16,21,23H2,1-3H3,(H,31,35). The summed E-state index contributed by atoms with van der Waals surface area (Å²) < 4.78 is 1.76. The van der Waals surface area contributed by atoms with Crippen molar-refractivity contribution in [1.29, 1.82) is 0 Å². The number of rotatable bonds is 14. The second-order valence-corrected chi connectivity index (χ2v) is 9.41. The topological polar surface area (TPSA) is 67.2 Å². The molecule has 1 aromatic heterocycles. The minimum atomic E-state index is -0.210. The lowest BCUT2D eigenvalue weighted by molar-refractivity contribution is -0.134. The van der Waals surface area contributed by atoms with Gasteiger partial charge < -0.3 is 10.2 Å². The zero-order valence-corrected chi connectivity index (χ0v) is 22.0. The van der Waals surface area contributed by atoms with Gasteiger partial charge in [-0.2, -0.15) is 5.10 Å². The average Bonchev–Trinajstić information content (AvgIpc) is 3.30. The quantitative estimate of drug-likeness (QED) is 0.254. The molecule has 0 atom stereocenters. The van der Waals surface area contributed by atoms with E-state index in [4.69, 9.17) is 5.10 Å².